The minimum atomic E-state index is -0.716. The Morgan fingerprint density at radius 3 is 2.71 bits per heavy atom. The van der Waals surface area contributed by atoms with E-state index in [2.05, 4.69) is 5.32 Å². The lowest BCUT2D eigenvalue weighted by molar-refractivity contribution is -0.151. The quantitative estimate of drug-likeness (QED) is 0.699. The fraction of sp³-hybridized carbons (Fsp3) is 0.364. The van der Waals surface area contributed by atoms with Crippen molar-refractivity contribution in [3.8, 4) is 0 Å². The van der Waals surface area contributed by atoms with E-state index in [0.29, 0.717) is 0 Å². The molecule has 0 amide bonds. The first-order valence-corrected chi connectivity index (χ1v) is 4.80. The van der Waals surface area contributed by atoms with Crippen LogP contribution in [0, 0.1) is 5.41 Å². The van der Waals surface area contributed by atoms with Gasteiger partial charge in [-0.05, 0) is 25.0 Å². The number of hydrogen-bond donors (Lipinski definition) is 2. The maximum absolute atomic E-state index is 11.2. The summed E-state index contributed by atoms with van der Waals surface area (Å²) in [5.41, 5.74) is 0.153. The standard InChI is InChI=1S/C11H13NO2/c13-10(14)11(6-4-7-11)9-5-2-1-3-8-12-9/h1-3,5,8,12H,4,6-7H2,(H,13,14). The van der Waals surface area contributed by atoms with Crippen molar-refractivity contribution >= 4 is 5.97 Å². The highest BCUT2D eigenvalue weighted by Gasteiger charge is 2.47. The lowest BCUT2D eigenvalue weighted by Gasteiger charge is -2.39. The van der Waals surface area contributed by atoms with E-state index in [1.54, 1.807) is 6.20 Å². The number of aliphatic carboxylic acids is 1. The van der Waals surface area contributed by atoms with Crippen molar-refractivity contribution in [1.82, 2.24) is 5.32 Å². The van der Waals surface area contributed by atoms with Crippen LogP contribution in [0.5, 0.6) is 0 Å². The van der Waals surface area contributed by atoms with Crippen LogP contribution in [0.3, 0.4) is 0 Å². The normalized spacial score (nSPS) is 23.0. The molecule has 0 aromatic rings. The molecule has 3 nitrogen and oxygen atoms in total. The lowest BCUT2D eigenvalue weighted by Crippen LogP contribution is -2.43. The maximum atomic E-state index is 11.2. The van der Waals surface area contributed by atoms with E-state index in [1.807, 2.05) is 24.3 Å². The van der Waals surface area contributed by atoms with Gasteiger partial charge >= 0.3 is 5.97 Å². The Labute approximate surface area is 82.8 Å². The van der Waals surface area contributed by atoms with E-state index >= 15 is 0 Å². The highest BCUT2D eigenvalue weighted by atomic mass is 16.4. The molecular formula is C11H13NO2. The van der Waals surface area contributed by atoms with Gasteiger partial charge in [-0.1, -0.05) is 18.6 Å². The summed E-state index contributed by atoms with van der Waals surface area (Å²) in [6, 6.07) is 0. The van der Waals surface area contributed by atoms with E-state index in [4.69, 9.17) is 0 Å². The minimum absolute atomic E-state index is 0.654. The SMILES string of the molecule is O=C(O)C1(C2=CC=CC=CN2)CCC1. The summed E-state index contributed by atoms with van der Waals surface area (Å²) in [4.78, 5) is 11.2. The van der Waals surface area contributed by atoms with Crippen LogP contribution in [0.15, 0.2) is 36.2 Å². The van der Waals surface area contributed by atoms with Crippen LogP contribution in [0.25, 0.3) is 0 Å². The zero-order valence-electron chi connectivity index (χ0n) is 7.86. The molecule has 2 N–H and O–H groups in total. The Morgan fingerprint density at radius 1 is 1.36 bits per heavy atom. The summed E-state index contributed by atoms with van der Waals surface area (Å²) in [6.45, 7) is 0. The fourth-order valence-corrected chi connectivity index (χ4v) is 1.88. The van der Waals surface area contributed by atoms with Crippen LogP contribution in [-0.2, 0) is 4.79 Å². The van der Waals surface area contributed by atoms with E-state index in [1.165, 1.54) is 0 Å². The first-order valence-electron chi connectivity index (χ1n) is 4.80. The average molecular weight is 191 g/mol. The maximum Gasteiger partial charge on any atom is 0.315 e. The molecule has 0 saturated heterocycles. The topological polar surface area (TPSA) is 49.3 Å². The molecule has 0 aromatic heterocycles. The predicted molar refractivity (Wildman–Crippen MR) is 53.4 cm³/mol. The lowest BCUT2D eigenvalue weighted by atomic mass is 9.66. The van der Waals surface area contributed by atoms with Crippen molar-refractivity contribution in [2.45, 2.75) is 19.3 Å². The van der Waals surface area contributed by atoms with Crippen LogP contribution in [0.2, 0.25) is 0 Å². The Bertz CT molecular complexity index is 335. The molecule has 74 valence electrons. The van der Waals surface area contributed by atoms with Crippen LogP contribution < -0.4 is 5.32 Å². The summed E-state index contributed by atoms with van der Waals surface area (Å²) < 4.78 is 0. The van der Waals surface area contributed by atoms with Gasteiger partial charge in [-0.3, -0.25) is 4.79 Å². The Kier molecular flexibility index (Phi) is 2.15. The largest absolute Gasteiger partial charge is 0.481 e. The highest BCUT2D eigenvalue weighted by Crippen LogP contribution is 2.46. The molecule has 1 heterocycles. The second kappa shape index (κ2) is 3.33. The third kappa shape index (κ3) is 1.25. The number of nitrogens with one attached hydrogen (secondary N) is 1. The molecule has 0 unspecified atom stereocenters. The number of carboxylic acid groups (broad SMARTS) is 1. The number of hydrogen-bond acceptors (Lipinski definition) is 2. The monoisotopic (exact) mass is 191 g/mol. The molecule has 0 atom stereocenters. The van der Waals surface area contributed by atoms with Crippen LogP contribution >= 0.6 is 0 Å². The van der Waals surface area contributed by atoms with Crippen molar-refractivity contribution in [2.75, 3.05) is 0 Å². The van der Waals surface area contributed by atoms with Gasteiger partial charge in [-0.25, -0.2) is 0 Å². The molecule has 2 aliphatic rings. The number of carboxylic acids is 1. The molecule has 0 spiro atoms. The summed E-state index contributed by atoms with van der Waals surface area (Å²) in [5, 5.41) is 12.2. The number of carbonyl (C=O) groups is 1. The molecule has 0 radical (unpaired) electrons. The molecule has 0 bridgehead atoms. The first kappa shape index (κ1) is 9.06. The Hall–Kier alpha value is -1.51. The highest BCUT2D eigenvalue weighted by molar-refractivity contribution is 5.79. The molecule has 14 heavy (non-hydrogen) atoms. The summed E-state index contributed by atoms with van der Waals surface area (Å²) in [7, 11) is 0. The fourth-order valence-electron chi connectivity index (χ4n) is 1.88. The molecule has 0 aromatic carbocycles. The van der Waals surface area contributed by atoms with Crippen LogP contribution in [-0.4, -0.2) is 11.1 Å². The summed E-state index contributed by atoms with van der Waals surface area (Å²) in [6.07, 6.45) is 11.7. The van der Waals surface area contributed by atoms with Gasteiger partial charge in [0.15, 0.2) is 0 Å². The zero-order valence-corrected chi connectivity index (χ0v) is 7.86. The third-order valence-corrected chi connectivity index (χ3v) is 2.95. The molecule has 1 aliphatic heterocycles. The molecule has 1 aliphatic carbocycles. The van der Waals surface area contributed by atoms with Gasteiger partial charge in [0, 0.05) is 11.9 Å². The van der Waals surface area contributed by atoms with Gasteiger partial charge in [0.05, 0.1) is 0 Å². The molecule has 1 fully saturated rings. The molecule has 2 rings (SSSR count). The van der Waals surface area contributed by atoms with Crippen molar-refractivity contribution in [3.63, 3.8) is 0 Å². The third-order valence-electron chi connectivity index (χ3n) is 2.95. The predicted octanol–water partition coefficient (Wildman–Crippen LogP) is 1.80. The Balaban J connectivity index is 2.28. The van der Waals surface area contributed by atoms with E-state index in [9.17, 15) is 9.90 Å². The van der Waals surface area contributed by atoms with Crippen molar-refractivity contribution in [1.29, 1.82) is 0 Å². The van der Waals surface area contributed by atoms with Crippen molar-refractivity contribution in [3.05, 3.63) is 36.2 Å². The van der Waals surface area contributed by atoms with Gasteiger partial charge in [0.1, 0.15) is 5.41 Å². The smallest absolute Gasteiger partial charge is 0.315 e. The van der Waals surface area contributed by atoms with Crippen LogP contribution in [0.4, 0.5) is 0 Å². The summed E-state index contributed by atoms with van der Waals surface area (Å²) in [5.74, 6) is -0.716. The van der Waals surface area contributed by atoms with Gasteiger partial charge in [0.25, 0.3) is 0 Å². The molecular weight excluding hydrogens is 178 g/mol. The van der Waals surface area contributed by atoms with E-state index in [0.717, 1.165) is 25.0 Å². The van der Waals surface area contributed by atoms with E-state index in [-0.39, 0.29) is 0 Å². The van der Waals surface area contributed by atoms with Crippen molar-refractivity contribution in [2.24, 2.45) is 5.41 Å². The van der Waals surface area contributed by atoms with Crippen molar-refractivity contribution < 1.29 is 9.90 Å². The van der Waals surface area contributed by atoms with Gasteiger partial charge in [-0.2, -0.15) is 0 Å². The molecule has 1 saturated carbocycles. The minimum Gasteiger partial charge on any atom is -0.481 e. The molecule has 3 heteroatoms. The number of rotatable bonds is 2. The van der Waals surface area contributed by atoms with Gasteiger partial charge < -0.3 is 10.4 Å². The van der Waals surface area contributed by atoms with E-state index < -0.39 is 11.4 Å². The second-order valence-corrected chi connectivity index (χ2v) is 3.71. The van der Waals surface area contributed by atoms with Gasteiger partial charge in [-0.15, -0.1) is 0 Å². The average Bonchev–Trinajstić information content (AvgIpc) is 2.30. The summed E-state index contributed by atoms with van der Waals surface area (Å²) >= 11 is 0. The first-order chi connectivity index (χ1) is 6.76. The van der Waals surface area contributed by atoms with Crippen LogP contribution in [0.1, 0.15) is 19.3 Å². The Morgan fingerprint density at radius 2 is 2.14 bits per heavy atom. The van der Waals surface area contributed by atoms with Gasteiger partial charge in [0.2, 0.25) is 0 Å². The zero-order chi connectivity index (χ0) is 10.0. The number of allylic oxidation sites excluding steroid dienone is 4. The second-order valence-electron chi connectivity index (χ2n) is 3.71.